The molecule has 0 unspecified atom stereocenters. The van der Waals surface area contributed by atoms with Crippen LogP contribution in [0.15, 0.2) is 42.5 Å². The highest BCUT2D eigenvalue weighted by atomic mass is 19.1. The van der Waals surface area contributed by atoms with E-state index in [2.05, 4.69) is 17.0 Å². The zero-order chi connectivity index (χ0) is 20.8. The number of carbonyl (C=O) groups excluding carboxylic acids is 1. The van der Waals surface area contributed by atoms with Gasteiger partial charge in [0.1, 0.15) is 11.6 Å². The van der Waals surface area contributed by atoms with Gasteiger partial charge in [-0.1, -0.05) is 25.1 Å². The largest absolute Gasteiger partial charge is 0.497 e. The number of carbonyl (C=O) groups is 1. The lowest BCUT2D eigenvalue weighted by Gasteiger charge is -2.39. The quantitative estimate of drug-likeness (QED) is 0.662. The molecule has 0 bridgehead atoms. The lowest BCUT2D eigenvalue weighted by Crippen LogP contribution is -2.47. The topological polar surface area (TPSA) is 32.8 Å². The van der Waals surface area contributed by atoms with Crippen LogP contribution < -0.4 is 9.64 Å². The predicted molar refractivity (Wildman–Crippen MR) is 115 cm³/mol. The summed E-state index contributed by atoms with van der Waals surface area (Å²) >= 11 is 0. The van der Waals surface area contributed by atoms with Crippen LogP contribution in [-0.4, -0.2) is 37.0 Å². The summed E-state index contributed by atoms with van der Waals surface area (Å²) in [5.74, 6) is 0.698. The molecular weight excluding hydrogens is 367 g/mol. The average molecular weight is 399 g/mol. The second kappa shape index (κ2) is 9.88. The first-order valence-electron chi connectivity index (χ1n) is 10.4. The number of rotatable bonds is 7. The summed E-state index contributed by atoms with van der Waals surface area (Å²) in [6.45, 7) is 6.43. The Morgan fingerprint density at radius 1 is 1.21 bits per heavy atom. The normalized spacial score (nSPS) is 15.3. The molecule has 2 aromatic carbocycles. The first-order valence-corrected chi connectivity index (χ1v) is 10.4. The van der Waals surface area contributed by atoms with Crippen LogP contribution in [0.2, 0.25) is 0 Å². The van der Waals surface area contributed by atoms with E-state index in [1.807, 2.05) is 30.0 Å². The van der Waals surface area contributed by atoms with Crippen molar-refractivity contribution in [2.45, 2.75) is 52.1 Å². The Labute approximate surface area is 173 Å². The molecule has 1 heterocycles. The number of anilines is 1. The number of likely N-dealkylation sites (tertiary alicyclic amines) is 1. The van der Waals surface area contributed by atoms with Crippen molar-refractivity contribution in [2.24, 2.45) is 0 Å². The fourth-order valence-corrected chi connectivity index (χ4v) is 3.99. The molecule has 0 atom stereocenters. The van der Waals surface area contributed by atoms with Crippen molar-refractivity contribution in [3.63, 3.8) is 0 Å². The van der Waals surface area contributed by atoms with E-state index >= 15 is 0 Å². The highest BCUT2D eigenvalue weighted by Crippen LogP contribution is 2.27. The van der Waals surface area contributed by atoms with Gasteiger partial charge in [0.15, 0.2) is 0 Å². The highest BCUT2D eigenvalue weighted by molar-refractivity contribution is 5.94. The van der Waals surface area contributed by atoms with Gasteiger partial charge < -0.3 is 9.64 Å². The monoisotopic (exact) mass is 398 g/mol. The molecule has 1 amide bonds. The molecule has 0 spiro atoms. The van der Waals surface area contributed by atoms with Gasteiger partial charge in [0.05, 0.1) is 7.11 Å². The highest BCUT2D eigenvalue weighted by Gasteiger charge is 2.29. The van der Waals surface area contributed by atoms with E-state index in [4.69, 9.17) is 4.74 Å². The summed E-state index contributed by atoms with van der Waals surface area (Å²) in [6, 6.07) is 13.4. The van der Waals surface area contributed by atoms with Gasteiger partial charge in [-0.25, -0.2) is 4.39 Å². The van der Waals surface area contributed by atoms with Crippen molar-refractivity contribution in [1.82, 2.24) is 4.90 Å². The third-order valence-corrected chi connectivity index (χ3v) is 5.63. The molecule has 0 saturated carbocycles. The van der Waals surface area contributed by atoms with Gasteiger partial charge >= 0.3 is 0 Å². The summed E-state index contributed by atoms with van der Waals surface area (Å²) in [4.78, 5) is 17.1. The maximum atomic E-state index is 14.2. The molecular formula is C24H31FN2O2. The van der Waals surface area contributed by atoms with Gasteiger partial charge in [0.2, 0.25) is 5.91 Å². The number of amides is 1. The zero-order valence-electron chi connectivity index (χ0n) is 17.7. The number of methoxy groups -OCH3 is 1. The van der Waals surface area contributed by atoms with Crippen molar-refractivity contribution in [2.75, 3.05) is 25.1 Å². The van der Waals surface area contributed by atoms with E-state index in [0.29, 0.717) is 17.7 Å². The SMILES string of the molecule is CCCC(=O)N(c1ccc(C)c(F)c1)C1CCN(Cc2cccc(OC)c2)CC1. The van der Waals surface area contributed by atoms with Crippen LogP contribution >= 0.6 is 0 Å². The predicted octanol–water partition coefficient (Wildman–Crippen LogP) is 4.94. The summed E-state index contributed by atoms with van der Waals surface area (Å²) in [5, 5.41) is 0. The first kappa shape index (κ1) is 21.3. The van der Waals surface area contributed by atoms with Crippen LogP contribution in [0.1, 0.15) is 43.7 Å². The molecule has 1 aliphatic heterocycles. The molecule has 0 aromatic heterocycles. The Kier molecular flexibility index (Phi) is 7.26. The van der Waals surface area contributed by atoms with Crippen molar-refractivity contribution in [3.05, 3.63) is 59.4 Å². The van der Waals surface area contributed by atoms with E-state index < -0.39 is 0 Å². The van der Waals surface area contributed by atoms with Crippen LogP contribution in [-0.2, 0) is 11.3 Å². The number of benzene rings is 2. The third kappa shape index (κ3) is 5.36. The van der Waals surface area contributed by atoms with Gasteiger partial charge in [-0.15, -0.1) is 0 Å². The Morgan fingerprint density at radius 2 is 1.97 bits per heavy atom. The number of ether oxygens (including phenoxy) is 1. The fourth-order valence-electron chi connectivity index (χ4n) is 3.99. The molecule has 1 aliphatic rings. The van der Waals surface area contributed by atoms with Crippen LogP contribution in [0.4, 0.5) is 10.1 Å². The van der Waals surface area contributed by atoms with E-state index in [-0.39, 0.29) is 17.8 Å². The molecule has 5 heteroatoms. The van der Waals surface area contributed by atoms with Crippen LogP contribution in [0.25, 0.3) is 0 Å². The Balaban J connectivity index is 1.69. The fraction of sp³-hybridized carbons (Fsp3) is 0.458. The van der Waals surface area contributed by atoms with E-state index in [1.54, 1.807) is 20.1 Å². The van der Waals surface area contributed by atoms with Crippen molar-refractivity contribution in [1.29, 1.82) is 0 Å². The van der Waals surface area contributed by atoms with Gasteiger partial charge in [-0.3, -0.25) is 9.69 Å². The molecule has 1 saturated heterocycles. The van der Waals surface area contributed by atoms with Crippen molar-refractivity contribution in [3.8, 4) is 5.75 Å². The number of hydrogen-bond donors (Lipinski definition) is 0. The summed E-state index contributed by atoms with van der Waals surface area (Å²) in [5.41, 5.74) is 2.50. The summed E-state index contributed by atoms with van der Waals surface area (Å²) < 4.78 is 19.5. The zero-order valence-corrected chi connectivity index (χ0v) is 17.7. The number of nitrogens with zero attached hydrogens (tertiary/aromatic N) is 2. The summed E-state index contributed by atoms with van der Waals surface area (Å²) in [6.07, 6.45) is 3.04. The number of aryl methyl sites for hydroxylation is 1. The Morgan fingerprint density at radius 3 is 2.62 bits per heavy atom. The van der Waals surface area contributed by atoms with E-state index in [0.717, 1.165) is 44.6 Å². The van der Waals surface area contributed by atoms with Crippen LogP contribution in [0.3, 0.4) is 0 Å². The number of halogens is 1. The lowest BCUT2D eigenvalue weighted by molar-refractivity contribution is -0.119. The Hall–Kier alpha value is -2.40. The second-order valence-electron chi connectivity index (χ2n) is 7.81. The molecule has 0 aliphatic carbocycles. The van der Waals surface area contributed by atoms with Crippen molar-refractivity contribution < 1.29 is 13.9 Å². The Bertz CT molecular complexity index is 831. The molecule has 29 heavy (non-hydrogen) atoms. The molecule has 2 aromatic rings. The van der Waals surface area contributed by atoms with Gasteiger partial charge in [-0.2, -0.15) is 0 Å². The third-order valence-electron chi connectivity index (χ3n) is 5.63. The maximum absolute atomic E-state index is 14.2. The average Bonchev–Trinajstić information content (AvgIpc) is 2.72. The maximum Gasteiger partial charge on any atom is 0.227 e. The molecule has 1 fully saturated rings. The van der Waals surface area contributed by atoms with Gasteiger partial charge in [0.25, 0.3) is 0 Å². The minimum atomic E-state index is -0.257. The number of hydrogen-bond acceptors (Lipinski definition) is 3. The standard InChI is InChI=1S/C24H31FN2O2/c1-4-6-24(28)27(21-10-9-18(2)23(25)16-21)20-11-13-26(14-12-20)17-19-7-5-8-22(15-19)29-3/h5,7-10,15-16,20H,4,6,11-14,17H2,1-3H3. The van der Waals surface area contributed by atoms with E-state index in [9.17, 15) is 9.18 Å². The van der Waals surface area contributed by atoms with Crippen LogP contribution in [0, 0.1) is 12.7 Å². The molecule has 156 valence electrons. The molecule has 0 radical (unpaired) electrons. The van der Waals surface area contributed by atoms with Crippen molar-refractivity contribution >= 4 is 11.6 Å². The van der Waals surface area contributed by atoms with Gasteiger partial charge in [-0.05, 0) is 61.6 Å². The van der Waals surface area contributed by atoms with E-state index in [1.165, 1.54) is 11.6 Å². The minimum Gasteiger partial charge on any atom is -0.497 e. The lowest BCUT2D eigenvalue weighted by atomic mass is 10.0. The number of piperidine rings is 1. The van der Waals surface area contributed by atoms with Gasteiger partial charge in [0, 0.05) is 37.8 Å². The molecule has 4 nitrogen and oxygen atoms in total. The van der Waals surface area contributed by atoms with Crippen LogP contribution in [0.5, 0.6) is 5.75 Å². The minimum absolute atomic E-state index is 0.0852. The molecule has 3 rings (SSSR count). The second-order valence-corrected chi connectivity index (χ2v) is 7.81. The smallest absolute Gasteiger partial charge is 0.227 e. The summed E-state index contributed by atoms with van der Waals surface area (Å²) in [7, 11) is 1.68. The first-order chi connectivity index (χ1) is 14.0. The molecule has 0 N–H and O–H groups in total.